The highest BCUT2D eigenvalue weighted by molar-refractivity contribution is 7.89. The van der Waals surface area contributed by atoms with Crippen molar-refractivity contribution >= 4 is 27.6 Å². The zero-order chi connectivity index (χ0) is 19.0. The highest BCUT2D eigenvalue weighted by atomic mass is 32.2. The summed E-state index contributed by atoms with van der Waals surface area (Å²) in [6.45, 7) is 1.90. The average Bonchev–Trinajstić information content (AvgIpc) is 2.61. The van der Waals surface area contributed by atoms with E-state index in [-0.39, 0.29) is 17.5 Å². The molecule has 0 bridgehead atoms. The summed E-state index contributed by atoms with van der Waals surface area (Å²) in [5.41, 5.74) is 0.431. The molecule has 0 aliphatic heterocycles. The van der Waals surface area contributed by atoms with Crippen LogP contribution in [0.4, 0.5) is 5.69 Å². The summed E-state index contributed by atoms with van der Waals surface area (Å²) in [5.74, 6) is -1.10. The third-order valence-electron chi connectivity index (χ3n) is 4.02. The molecule has 0 saturated heterocycles. The van der Waals surface area contributed by atoms with Crippen LogP contribution in [0.3, 0.4) is 0 Å². The summed E-state index contributed by atoms with van der Waals surface area (Å²) in [5, 5.41) is 2.55. The highest BCUT2D eigenvalue weighted by Crippen LogP contribution is 2.20. The van der Waals surface area contributed by atoms with Crippen molar-refractivity contribution in [2.75, 3.05) is 11.9 Å². The SMILES string of the molecule is CCOC(=O)C=CC(=O)Nc1ccc(S(=O)(=O)NC2CCCCC2)cc1. The van der Waals surface area contributed by atoms with Crippen LogP contribution in [-0.2, 0) is 24.3 Å². The van der Waals surface area contributed by atoms with E-state index < -0.39 is 21.9 Å². The van der Waals surface area contributed by atoms with Gasteiger partial charge in [-0.15, -0.1) is 0 Å². The molecule has 8 heteroatoms. The van der Waals surface area contributed by atoms with Gasteiger partial charge < -0.3 is 10.1 Å². The predicted molar refractivity (Wildman–Crippen MR) is 98.0 cm³/mol. The number of rotatable bonds is 7. The Kier molecular flexibility index (Phi) is 7.35. The van der Waals surface area contributed by atoms with E-state index in [4.69, 9.17) is 0 Å². The van der Waals surface area contributed by atoms with Crippen LogP contribution >= 0.6 is 0 Å². The van der Waals surface area contributed by atoms with Gasteiger partial charge in [-0.2, -0.15) is 0 Å². The minimum atomic E-state index is -3.57. The van der Waals surface area contributed by atoms with Crippen molar-refractivity contribution in [2.45, 2.75) is 50.0 Å². The van der Waals surface area contributed by atoms with Gasteiger partial charge in [-0.25, -0.2) is 17.9 Å². The lowest BCUT2D eigenvalue weighted by Gasteiger charge is -2.22. The number of anilines is 1. The summed E-state index contributed by atoms with van der Waals surface area (Å²) < 4.78 is 32.2. The molecule has 1 aromatic carbocycles. The van der Waals surface area contributed by atoms with Crippen molar-refractivity contribution in [3.63, 3.8) is 0 Å². The molecule has 7 nitrogen and oxygen atoms in total. The fourth-order valence-electron chi connectivity index (χ4n) is 2.74. The van der Waals surface area contributed by atoms with Crippen molar-refractivity contribution in [3.8, 4) is 0 Å². The molecular weight excluding hydrogens is 356 g/mol. The van der Waals surface area contributed by atoms with Crippen molar-refractivity contribution in [1.29, 1.82) is 0 Å². The Hall–Kier alpha value is -2.19. The van der Waals surface area contributed by atoms with E-state index >= 15 is 0 Å². The van der Waals surface area contributed by atoms with Gasteiger partial charge in [-0.1, -0.05) is 19.3 Å². The summed E-state index contributed by atoms with van der Waals surface area (Å²) in [7, 11) is -3.57. The fourth-order valence-corrected chi connectivity index (χ4v) is 4.05. The van der Waals surface area contributed by atoms with Gasteiger partial charge in [0.1, 0.15) is 0 Å². The van der Waals surface area contributed by atoms with Gasteiger partial charge in [-0.05, 0) is 44.0 Å². The van der Waals surface area contributed by atoms with Crippen molar-refractivity contribution in [3.05, 3.63) is 36.4 Å². The standard InChI is InChI=1S/C18H24N2O5S/c1-2-25-18(22)13-12-17(21)19-14-8-10-16(11-9-14)26(23,24)20-15-6-4-3-5-7-15/h8-13,15,20H,2-7H2,1H3,(H,19,21). The molecule has 1 amide bonds. The molecule has 1 saturated carbocycles. The Morgan fingerprint density at radius 1 is 1.12 bits per heavy atom. The second-order valence-electron chi connectivity index (χ2n) is 6.06. The van der Waals surface area contributed by atoms with Gasteiger partial charge >= 0.3 is 5.97 Å². The molecule has 26 heavy (non-hydrogen) atoms. The molecule has 0 radical (unpaired) electrons. The predicted octanol–water partition coefficient (Wildman–Crippen LogP) is 2.36. The molecule has 2 N–H and O–H groups in total. The number of benzene rings is 1. The Morgan fingerprint density at radius 3 is 2.38 bits per heavy atom. The number of sulfonamides is 1. The number of hydrogen-bond donors (Lipinski definition) is 2. The Bertz CT molecular complexity index is 750. The largest absolute Gasteiger partial charge is 0.463 e. The summed E-state index contributed by atoms with van der Waals surface area (Å²) in [6, 6.07) is 5.88. The van der Waals surface area contributed by atoms with Crippen LogP contribution in [0.2, 0.25) is 0 Å². The van der Waals surface area contributed by atoms with Gasteiger partial charge in [0.25, 0.3) is 0 Å². The van der Waals surface area contributed by atoms with E-state index in [9.17, 15) is 18.0 Å². The fraction of sp³-hybridized carbons (Fsp3) is 0.444. The van der Waals surface area contributed by atoms with E-state index in [2.05, 4.69) is 14.8 Å². The number of carbonyl (C=O) groups is 2. The maximum Gasteiger partial charge on any atom is 0.330 e. The molecule has 0 aromatic heterocycles. The van der Waals surface area contributed by atoms with Crippen LogP contribution in [0, 0.1) is 0 Å². The van der Waals surface area contributed by atoms with Gasteiger partial charge in [0, 0.05) is 23.9 Å². The minimum absolute atomic E-state index is 0.0128. The van der Waals surface area contributed by atoms with E-state index in [1.807, 2.05) is 0 Å². The number of amides is 1. The first-order valence-corrected chi connectivity index (χ1v) is 10.2. The van der Waals surface area contributed by atoms with E-state index in [0.29, 0.717) is 5.69 Å². The van der Waals surface area contributed by atoms with Crippen LogP contribution in [0.5, 0.6) is 0 Å². The molecule has 0 unspecified atom stereocenters. The van der Waals surface area contributed by atoms with Crippen LogP contribution < -0.4 is 10.0 Å². The van der Waals surface area contributed by atoms with E-state index in [0.717, 1.165) is 44.3 Å². The first-order valence-electron chi connectivity index (χ1n) is 8.69. The first kappa shape index (κ1) is 20.1. The average molecular weight is 380 g/mol. The molecule has 2 rings (SSSR count). The second-order valence-corrected chi connectivity index (χ2v) is 7.77. The first-order chi connectivity index (χ1) is 12.4. The zero-order valence-electron chi connectivity index (χ0n) is 14.7. The maximum atomic E-state index is 12.4. The van der Waals surface area contributed by atoms with Gasteiger partial charge in [0.05, 0.1) is 11.5 Å². The molecule has 1 aromatic rings. The molecule has 0 atom stereocenters. The minimum Gasteiger partial charge on any atom is -0.463 e. The maximum absolute atomic E-state index is 12.4. The number of hydrogen-bond acceptors (Lipinski definition) is 5. The molecule has 0 heterocycles. The number of carbonyl (C=O) groups excluding carboxylic acids is 2. The quantitative estimate of drug-likeness (QED) is 0.558. The van der Waals surface area contributed by atoms with Crippen molar-refractivity contribution in [1.82, 2.24) is 4.72 Å². The van der Waals surface area contributed by atoms with Crippen molar-refractivity contribution < 1.29 is 22.7 Å². The zero-order valence-corrected chi connectivity index (χ0v) is 15.6. The molecule has 0 spiro atoms. The Morgan fingerprint density at radius 2 is 1.77 bits per heavy atom. The van der Waals surface area contributed by atoms with Gasteiger partial charge in [0.15, 0.2) is 0 Å². The second kappa shape index (κ2) is 9.49. The topological polar surface area (TPSA) is 102 Å². The van der Waals surface area contributed by atoms with Gasteiger partial charge in [0.2, 0.25) is 15.9 Å². The van der Waals surface area contributed by atoms with Crippen molar-refractivity contribution in [2.24, 2.45) is 0 Å². The summed E-state index contributed by atoms with van der Waals surface area (Å²) >= 11 is 0. The lowest BCUT2D eigenvalue weighted by Crippen LogP contribution is -2.36. The van der Waals surface area contributed by atoms with E-state index in [1.54, 1.807) is 6.92 Å². The number of nitrogens with one attached hydrogen (secondary N) is 2. The summed E-state index contributed by atoms with van der Waals surface area (Å²) in [6.07, 6.45) is 7.05. The lowest BCUT2D eigenvalue weighted by molar-refractivity contribution is -0.137. The third kappa shape index (κ3) is 6.27. The molecular formula is C18H24N2O5S. The Balaban J connectivity index is 1.94. The molecule has 1 aliphatic carbocycles. The van der Waals surface area contributed by atoms with Gasteiger partial charge in [-0.3, -0.25) is 4.79 Å². The molecule has 142 valence electrons. The Labute approximate surface area is 153 Å². The number of ether oxygens (including phenoxy) is 1. The van der Waals surface area contributed by atoms with Crippen LogP contribution in [-0.4, -0.2) is 32.9 Å². The smallest absolute Gasteiger partial charge is 0.330 e. The third-order valence-corrected chi connectivity index (χ3v) is 5.55. The highest BCUT2D eigenvalue weighted by Gasteiger charge is 2.21. The summed E-state index contributed by atoms with van der Waals surface area (Å²) in [4.78, 5) is 23.0. The normalized spacial score (nSPS) is 15.7. The monoisotopic (exact) mass is 380 g/mol. The lowest BCUT2D eigenvalue weighted by atomic mass is 9.96. The number of esters is 1. The van der Waals surface area contributed by atoms with Crippen LogP contribution in [0.15, 0.2) is 41.3 Å². The molecule has 1 fully saturated rings. The van der Waals surface area contributed by atoms with Crippen LogP contribution in [0.1, 0.15) is 39.0 Å². The van der Waals surface area contributed by atoms with Crippen LogP contribution in [0.25, 0.3) is 0 Å². The van der Waals surface area contributed by atoms with E-state index in [1.165, 1.54) is 24.3 Å². The molecule has 1 aliphatic rings.